The normalized spacial score (nSPS) is 18.8. The molecule has 0 saturated carbocycles. The topological polar surface area (TPSA) is 55.0 Å². The van der Waals surface area contributed by atoms with Crippen LogP contribution in [0, 0.1) is 5.82 Å². The first-order valence-corrected chi connectivity index (χ1v) is 6.33. The molecular weight excluding hydrogens is 243 g/mol. The van der Waals surface area contributed by atoms with E-state index >= 15 is 0 Å². The van der Waals surface area contributed by atoms with E-state index in [1.807, 2.05) is 6.07 Å². The van der Waals surface area contributed by atoms with Crippen LogP contribution in [-0.2, 0) is 0 Å². The van der Waals surface area contributed by atoms with E-state index in [9.17, 15) is 4.39 Å². The van der Waals surface area contributed by atoms with Crippen LogP contribution in [0.3, 0.4) is 0 Å². The maximum absolute atomic E-state index is 13.3. The Morgan fingerprint density at radius 1 is 1.26 bits per heavy atom. The molecule has 19 heavy (non-hydrogen) atoms. The second kappa shape index (κ2) is 4.84. The molecule has 1 fully saturated rings. The van der Waals surface area contributed by atoms with Gasteiger partial charge < -0.3 is 10.6 Å². The highest BCUT2D eigenvalue weighted by Crippen LogP contribution is 2.35. The van der Waals surface area contributed by atoms with Gasteiger partial charge in [-0.3, -0.25) is 0 Å². The number of hydrogen-bond acceptors (Lipinski definition) is 4. The van der Waals surface area contributed by atoms with Gasteiger partial charge in [-0.15, -0.1) is 0 Å². The number of aromatic nitrogens is 2. The van der Waals surface area contributed by atoms with Crippen molar-refractivity contribution in [2.45, 2.75) is 18.9 Å². The van der Waals surface area contributed by atoms with Crippen LogP contribution in [0.25, 0.3) is 0 Å². The Morgan fingerprint density at radius 2 is 2.16 bits per heavy atom. The number of rotatable bonds is 2. The molecule has 0 amide bonds. The van der Waals surface area contributed by atoms with E-state index in [0.717, 1.165) is 30.8 Å². The number of halogens is 1. The maximum atomic E-state index is 13.3. The van der Waals surface area contributed by atoms with Gasteiger partial charge in [0.1, 0.15) is 17.5 Å². The zero-order valence-electron chi connectivity index (χ0n) is 10.5. The highest BCUT2D eigenvalue weighted by atomic mass is 19.1. The molecule has 2 heterocycles. The average Bonchev–Trinajstić information content (AvgIpc) is 2.89. The number of hydrogen-bond donors (Lipinski definition) is 1. The lowest BCUT2D eigenvalue weighted by molar-refractivity contribution is 0.618. The molecule has 0 bridgehead atoms. The lowest BCUT2D eigenvalue weighted by Gasteiger charge is -2.25. The number of anilines is 2. The van der Waals surface area contributed by atoms with Gasteiger partial charge in [0.2, 0.25) is 0 Å². The van der Waals surface area contributed by atoms with Gasteiger partial charge in [0, 0.05) is 6.54 Å². The molecule has 0 unspecified atom stereocenters. The summed E-state index contributed by atoms with van der Waals surface area (Å²) in [6.07, 6.45) is 5.28. The first-order chi connectivity index (χ1) is 9.24. The van der Waals surface area contributed by atoms with Gasteiger partial charge in [0.15, 0.2) is 0 Å². The second-order valence-corrected chi connectivity index (χ2v) is 4.71. The van der Waals surface area contributed by atoms with E-state index in [1.165, 1.54) is 6.07 Å². The summed E-state index contributed by atoms with van der Waals surface area (Å²) in [4.78, 5) is 10.5. The largest absolute Gasteiger partial charge is 0.382 e. The first kappa shape index (κ1) is 11.9. The predicted molar refractivity (Wildman–Crippen MR) is 72.2 cm³/mol. The molecule has 2 aromatic rings. The van der Waals surface area contributed by atoms with Gasteiger partial charge >= 0.3 is 0 Å². The number of nitrogens with two attached hydrogens (primary N) is 1. The summed E-state index contributed by atoms with van der Waals surface area (Å²) >= 11 is 0. The molecule has 1 aromatic heterocycles. The lowest BCUT2D eigenvalue weighted by atomic mass is 10.0. The molecule has 1 aliphatic rings. The first-order valence-electron chi connectivity index (χ1n) is 6.33. The van der Waals surface area contributed by atoms with Gasteiger partial charge in [-0.2, -0.15) is 0 Å². The van der Waals surface area contributed by atoms with Crippen molar-refractivity contribution < 1.29 is 4.39 Å². The predicted octanol–water partition coefficient (Wildman–Crippen LogP) is 2.54. The van der Waals surface area contributed by atoms with E-state index in [0.29, 0.717) is 5.82 Å². The Kier molecular flexibility index (Phi) is 3.03. The monoisotopic (exact) mass is 258 g/mol. The van der Waals surface area contributed by atoms with Crippen LogP contribution in [-0.4, -0.2) is 16.5 Å². The van der Waals surface area contributed by atoms with Crippen molar-refractivity contribution in [3.63, 3.8) is 0 Å². The van der Waals surface area contributed by atoms with E-state index in [1.54, 1.807) is 24.5 Å². The highest BCUT2D eigenvalue weighted by Gasteiger charge is 2.27. The van der Waals surface area contributed by atoms with Gasteiger partial charge in [-0.25, -0.2) is 14.4 Å². The SMILES string of the molecule is Nc1cnc(N2CCC[C@H]2c2cccc(F)c2)cn1. The Labute approximate surface area is 111 Å². The van der Waals surface area contributed by atoms with Crippen LogP contribution < -0.4 is 10.6 Å². The molecule has 4 nitrogen and oxygen atoms in total. The molecule has 1 atom stereocenters. The van der Waals surface area contributed by atoms with E-state index in [-0.39, 0.29) is 11.9 Å². The number of benzene rings is 1. The van der Waals surface area contributed by atoms with Crippen LogP contribution in [0.2, 0.25) is 0 Å². The minimum Gasteiger partial charge on any atom is -0.382 e. The van der Waals surface area contributed by atoms with Crippen molar-refractivity contribution in [1.82, 2.24) is 9.97 Å². The molecule has 1 aliphatic heterocycles. The molecule has 0 aliphatic carbocycles. The van der Waals surface area contributed by atoms with Crippen molar-refractivity contribution in [3.8, 4) is 0 Å². The van der Waals surface area contributed by atoms with Crippen molar-refractivity contribution in [2.75, 3.05) is 17.2 Å². The quantitative estimate of drug-likeness (QED) is 0.899. The van der Waals surface area contributed by atoms with Crippen molar-refractivity contribution in [3.05, 3.63) is 48.0 Å². The number of nitrogen functional groups attached to an aromatic ring is 1. The summed E-state index contributed by atoms with van der Waals surface area (Å²) in [7, 11) is 0. The molecule has 5 heteroatoms. The third-order valence-electron chi connectivity index (χ3n) is 3.44. The van der Waals surface area contributed by atoms with Crippen LogP contribution in [0.1, 0.15) is 24.4 Å². The molecule has 1 saturated heterocycles. The summed E-state index contributed by atoms with van der Waals surface area (Å²) in [5, 5.41) is 0. The lowest BCUT2D eigenvalue weighted by Crippen LogP contribution is -2.23. The van der Waals surface area contributed by atoms with Crippen molar-refractivity contribution in [1.29, 1.82) is 0 Å². The van der Waals surface area contributed by atoms with E-state index < -0.39 is 0 Å². The van der Waals surface area contributed by atoms with Crippen LogP contribution in [0.4, 0.5) is 16.0 Å². The van der Waals surface area contributed by atoms with Crippen LogP contribution in [0.15, 0.2) is 36.7 Å². The van der Waals surface area contributed by atoms with E-state index in [4.69, 9.17) is 5.73 Å². The standard InChI is InChI=1S/C14H15FN4/c15-11-4-1-3-10(7-11)12-5-2-6-19(12)14-9-17-13(16)8-18-14/h1,3-4,7-9,12H,2,5-6H2,(H2,16,17)/t12-/m0/s1. The minimum absolute atomic E-state index is 0.161. The Morgan fingerprint density at radius 3 is 2.89 bits per heavy atom. The van der Waals surface area contributed by atoms with Gasteiger partial charge in [-0.1, -0.05) is 12.1 Å². The fourth-order valence-corrected chi connectivity index (χ4v) is 2.58. The fourth-order valence-electron chi connectivity index (χ4n) is 2.58. The van der Waals surface area contributed by atoms with Crippen molar-refractivity contribution in [2.24, 2.45) is 0 Å². The molecule has 98 valence electrons. The second-order valence-electron chi connectivity index (χ2n) is 4.71. The molecule has 3 rings (SSSR count). The summed E-state index contributed by atoms with van der Waals surface area (Å²) in [5.74, 6) is 0.999. The maximum Gasteiger partial charge on any atom is 0.147 e. The Balaban J connectivity index is 1.91. The van der Waals surface area contributed by atoms with Crippen LogP contribution >= 0.6 is 0 Å². The van der Waals surface area contributed by atoms with Gasteiger partial charge in [0.05, 0.1) is 18.4 Å². The minimum atomic E-state index is -0.201. The fraction of sp³-hybridized carbons (Fsp3) is 0.286. The summed E-state index contributed by atoms with van der Waals surface area (Å²) < 4.78 is 13.3. The van der Waals surface area contributed by atoms with Gasteiger partial charge in [0.25, 0.3) is 0 Å². The third-order valence-corrected chi connectivity index (χ3v) is 3.44. The molecule has 1 aromatic carbocycles. The Hall–Kier alpha value is -2.17. The summed E-state index contributed by atoms with van der Waals surface area (Å²) in [5.41, 5.74) is 6.53. The van der Waals surface area contributed by atoms with E-state index in [2.05, 4.69) is 14.9 Å². The third kappa shape index (κ3) is 2.36. The highest BCUT2D eigenvalue weighted by molar-refractivity contribution is 5.44. The zero-order chi connectivity index (χ0) is 13.2. The smallest absolute Gasteiger partial charge is 0.147 e. The molecule has 2 N–H and O–H groups in total. The Bertz CT molecular complexity index is 570. The van der Waals surface area contributed by atoms with Gasteiger partial charge in [-0.05, 0) is 30.5 Å². The number of nitrogens with zero attached hydrogens (tertiary/aromatic N) is 3. The van der Waals surface area contributed by atoms with Crippen LogP contribution in [0.5, 0.6) is 0 Å². The van der Waals surface area contributed by atoms with Crippen molar-refractivity contribution >= 4 is 11.6 Å². The summed E-state index contributed by atoms with van der Waals surface area (Å²) in [6, 6.07) is 6.92. The summed E-state index contributed by atoms with van der Waals surface area (Å²) in [6.45, 7) is 0.903. The molecule has 0 radical (unpaired) electrons. The average molecular weight is 258 g/mol. The molecule has 0 spiro atoms. The molecular formula is C14H15FN4. The zero-order valence-corrected chi connectivity index (χ0v) is 10.5.